The number of hydrogen-bond donors (Lipinski definition) is 1. The molecule has 0 unspecified atom stereocenters. The number of halogens is 3. The minimum atomic E-state index is -1.75. The molecule has 0 bridgehead atoms. The predicted octanol–water partition coefficient (Wildman–Crippen LogP) is 4.79. The van der Waals surface area contributed by atoms with Crippen molar-refractivity contribution in [3.8, 4) is 23.1 Å². The number of carbonyl (C=O) groups excluding carboxylic acids is 1. The highest BCUT2D eigenvalue weighted by Gasteiger charge is 2.40. The number of fused-ring (bicyclic) bond motifs is 4. The van der Waals surface area contributed by atoms with E-state index in [1.165, 1.54) is 12.3 Å². The summed E-state index contributed by atoms with van der Waals surface area (Å²) >= 11 is 0. The highest BCUT2D eigenvalue weighted by Crippen LogP contribution is 2.52. The molecule has 144 valence electrons. The molecule has 0 saturated carbocycles. The molecule has 4 nitrogen and oxygen atoms in total. The van der Waals surface area contributed by atoms with Gasteiger partial charge in [-0.1, -0.05) is 18.2 Å². The summed E-state index contributed by atoms with van der Waals surface area (Å²) in [5, 5.41) is 19.6. The first-order valence-corrected chi connectivity index (χ1v) is 8.80. The summed E-state index contributed by atoms with van der Waals surface area (Å²) in [6.07, 6.45) is 2.52. The lowest BCUT2D eigenvalue weighted by Gasteiger charge is -2.08. The van der Waals surface area contributed by atoms with Crippen molar-refractivity contribution in [3.05, 3.63) is 93.9 Å². The number of carbonyl (C=O) groups is 1. The maximum atomic E-state index is 14.5. The van der Waals surface area contributed by atoms with Crippen LogP contribution in [0.5, 0.6) is 5.75 Å². The van der Waals surface area contributed by atoms with E-state index in [9.17, 15) is 28.3 Å². The molecule has 0 amide bonds. The number of aromatic nitrogens is 1. The predicted molar refractivity (Wildman–Crippen MR) is 102 cm³/mol. The zero-order valence-corrected chi connectivity index (χ0v) is 15.0. The Morgan fingerprint density at radius 3 is 2.50 bits per heavy atom. The molecule has 1 aromatic heterocycles. The summed E-state index contributed by atoms with van der Waals surface area (Å²) in [4.78, 5) is 17.5. The first kappa shape index (κ1) is 17.9. The molecule has 30 heavy (non-hydrogen) atoms. The molecule has 0 atom stereocenters. The van der Waals surface area contributed by atoms with Crippen molar-refractivity contribution in [3.63, 3.8) is 0 Å². The number of nitrogens with zero attached hydrogens (tertiary/aromatic N) is 2. The summed E-state index contributed by atoms with van der Waals surface area (Å²) in [5.74, 6) is -5.75. The Kier molecular flexibility index (Phi) is 3.67. The Balaban J connectivity index is 1.95. The van der Waals surface area contributed by atoms with Crippen molar-refractivity contribution in [1.29, 1.82) is 5.26 Å². The van der Waals surface area contributed by atoms with Crippen LogP contribution < -0.4 is 0 Å². The lowest BCUT2D eigenvalue weighted by Crippen LogP contribution is -2.04. The number of allylic oxidation sites excluding steroid dienone is 3. The molecular weight excluding hydrogens is 393 g/mol. The fourth-order valence-corrected chi connectivity index (χ4v) is 4.09. The molecule has 5 rings (SSSR count). The largest absolute Gasteiger partial charge is 0.507 e. The molecular formula is C23H9F3N2O2. The van der Waals surface area contributed by atoms with Crippen molar-refractivity contribution < 1.29 is 23.1 Å². The lowest BCUT2D eigenvalue weighted by atomic mass is 9.93. The molecule has 0 fully saturated rings. The Labute approximate surface area is 167 Å². The van der Waals surface area contributed by atoms with Gasteiger partial charge in [0.15, 0.2) is 23.2 Å². The SMILES string of the molecule is N#C/C=C1/C(=C2/c3cccnc3-c3c(O)cccc32)C(=O)c2c1cc(F)c(F)c2F. The van der Waals surface area contributed by atoms with Crippen LogP contribution in [0.15, 0.2) is 54.2 Å². The summed E-state index contributed by atoms with van der Waals surface area (Å²) in [7, 11) is 0. The summed E-state index contributed by atoms with van der Waals surface area (Å²) < 4.78 is 42.3. The molecule has 2 aliphatic carbocycles. The number of phenolic OH excluding ortho intramolecular Hbond substituents is 1. The Morgan fingerprint density at radius 1 is 0.967 bits per heavy atom. The molecule has 7 heteroatoms. The topological polar surface area (TPSA) is 74.0 Å². The number of Topliss-reactive ketones (excluding diaryl/α,β-unsaturated/α-hetero) is 1. The molecule has 0 saturated heterocycles. The van der Waals surface area contributed by atoms with Crippen LogP contribution in [0.1, 0.15) is 27.0 Å². The van der Waals surface area contributed by atoms with Crippen molar-refractivity contribution in [1.82, 2.24) is 4.98 Å². The van der Waals surface area contributed by atoms with Gasteiger partial charge in [-0.2, -0.15) is 5.26 Å². The van der Waals surface area contributed by atoms with Gasteiger partial charge in [-0.05, 0) is 23.8 Å². The molecule has 1 heterocycles. The van der Waals surface area contributed by atoms with Crippen LogP contribution in [-0.2, 0) is 0 Å². The average molecular weight is 402 g/mol. The van der Waals surface area contributed by atoms with E-state index in [-0.39, 0.29) is 22.5 Å². The standard InChI is InChI=1S/C23H9F3N2O2/c24-14-9-13-10(6-7-27)18(23(30)19(13)21(26)20(14)25)16-11-3-1-5-15(29)17(11)22-12(16)4-2-8-28-22/h1-6,8-9,29H/b10-6+,18-16-. The smallest absolute Gasteiger partial charge is 0.198 e. The number of hydrogen-bond acceptors (Lipinski definition) is 4. The minimum absolute atomic E-state index is 0.0173. The number of phenols is 1. The Hall–Kier alpha value is -4.18. The maximum Gasteiger partial charge on any atom is 0.198 e. The average Bonchev–Trinajstić information content (AvgIpc) is 3.19. The highest BCUT2D eigenvalue weighted by molar-refractivity contribution is 6.32. The Bertz CT molecular complexity index is 1410. The van der Waals surface area contributed by atoms with E-state index in [2.05, 4.69) is 4.98 Å². The first-order valence-electron chi connectivity index (χ1n) is 8.80. The number of nitriles is 1. The molecule has 2 aromatic carbocycles. The second kappa shape index (κ2) is 6.16. The van der Waals surface area contributed by atoms with Gasteiger partial charge in [0.2, 0.25) is 0 Å². The van der Waals surface area contributed by atoms with Gasteiger partial charge >= 0.3 is 0 Å². The van der Waals surface area contributed by atoms with E-state index >= 15 is 0 Å². The zero-order chi connectivity index (χ0) is 21.2. The van der Waals surface area contributed by atoms with Gasteiger partial charge < -0.3 is 5.11 Å². The molecule has 3 aromatic rings. The summed E-state index contributed by atoms with van der Waals surface area (Å²) in [5.41, 5.74) is 1.12. The normalized spacial score (nSPS) is 17.7. The maximum absolute atomic E-state index is 14.5. The minimum Gasteiger partial charge on any atom is -0.507 e. The van der Waals surface area contributed by atoms with Gasteiger partial charge in [0, 0.05) is 40.1 Å². The summed E-state index contributed by atoms with van der Waals surface area (Å²) in [6, 6.07) is 10.5. The number of benzene rings is 2. The number of pyridine rings is 1. The molecule has 0 spiro atoms. The van der Waals surface area contributed by atoms with Crippen molar-refractivity contribution in [2.75, 3.05) is 0 Å². The third-order valence-electron chi connectivity index (χ3n) is 5.26. The molecule has 2 aliphatic rings. The van der Waals surface area contributed by atoms with E-state index in [0.29, 0.717) is 34.0 Å². The van der Waals surface area contributed by atoms with Gasteiger partial charge in [0.1, 0.15) is 5.75 Å². The van der Waals surface area contributed by atoms with Crippen LogP contribution in [-0.4, -0.2) is 15.9 Å². The van der Waals surface area contributed by atoms with E-state index in [1.807, 2.05) is 0 Å². The van der Waals surface area contributed by atoms with Crippen molar-refractivity contribution in [2.45, 2.75) is 0 Å². The second-order valence-electron chi connectivity index (χ2n) is 6.77. The van der Waals surface area contributed by atoms with Crippen LogP contribution >= 0.6 is 0 Å². The van der Waals surface area contributed by atoms with E-state index < -0.39 is 28.8 Å². The highest BCUT2D eigenvalue weighted by atomic mass is 19.2. The van der Waals surface area contributed by atoms with Crippen LogP contribution in [0.25, 0.3) is 22.4 Å². The van der Waals surface area contributed by atoms with E-state index in [0.717, 1.165) is 6.08 Å². The third kappa shape index (κ3) is 2.16. The van der Waals surface area contributed by atoms with Crippen molar-refractivity contribution >= 4 is 16.9 Å². The molecule has 1 N–H and O–H groups in total. The third-order valence-corrected chi connectivity index (χ3v) is 5.26. The molecule has 0 radical (unpaired) electrons. The first-order chi connectivity index (χ1) is 14.5. The number of ketones is 1. The van der Waals surface area contributed by atoms with Gasteiger partial charge in [0.25, 0.3) is 0 Å². The Morgan fingerprint density at radius 2 is 1.73 bits per heavy atom. The van der Waals surface area contributed by atoms with E-state index in [1.54, 1.807) is 30.3 Å². The lowest BCUT2D eigenvalue weighted by molar-refractivity contribution is 0.103. The molecule has 0 aliphatic heterocycles. The van der Waals surface area contributed by atoms with Gasteiger partial charge in [-0.15, -0.1) is 0 Å². The number of rotatable bonds is 0. The van der Waals surface area contributed by atoms with Crippen LogP contribution in [0, 0.1) is 28.8 Å². The van der Waals surface area contributed by atoms with Gasteiger partial charge in [0.05, 0.1) is 22.9 Å². The zero-order valence-electron chi connectivity index (χ0n) is 15.0. The second-order valence-corrected chi connectivity index (χ2v) is 6.77. The number of aromatic hydroxyl groups is 1. The van der Waals surface area contributed by atoms with Gasteiger partial charge in [-0.25, -0.2) is 13.2 Å². The van der Waals surface area contributed by atoms with Crippen LogP contribution in [0.3, 0.4) is 0 Å². The van der Waals surface area contributed by atoms with Crippen LogP contribution in [0.4, 0.5) is 13.2 Å². The van der Waals surface area contributed by atoms with Crippen LogP contribution in [0.2, 0.25) is 0 Å². The van der Waals surface area contributed by atoms with Gasteiger partial charge in [-0.3, -0.25) is 9.78 Å². The fourth-order valence-electron chi connectivity index (χ4n) is 4.09. The van der Waals surface area contributed by atoms with E-state index in [4.69, 9.17) is 0 Å². The monoisotopic (exact) mass is 402 g/mol. The fraction of sp³-hybridized carbons (Fsp3) is 0. The van der Waals surface area contributed by atoms with Crippen molar-refractivity contribution in [2.24, 2.45) is 0 Å². The summed E-state index contributed by atoms with van der Waals surface area (Å²) in [6.45, 7) is 0. The quantitative estimate of drug-likeness (QED) is 0.261.